The van der Waals surface area contributed by atoms with Crippen LogP contribution in [0.1, 0.15) is 25.0 Å². The van der Waals surface area contributed by atoms with Crippen molar-refractivity contribution in [3.8, 4) is 0 Å². The summed E-state index contributed by atoms with van der Waals surface area (Å²) in [6.45, 7) is 9.75. The minimum atomic E-state index is -0.218. The Labute approximate surface area is 92.2 Å². The molecule has 15 heavy (non-hydrogen) atoms. The van der Waals surface area contributed by atoms with Crippen LogP contribution in [0.3, 0.4) is 0 Å². The third-order valence-electron chi connectivity index (χ3n) is 1.97. The van der Waals surface area contributed by atoms with Crippen molar-refractivity contribution in [2.45, 2.75) is 20.8 Å². The van der Waals surface area contributed by atoms with Crippen molar-refractivity contribution in [2.75, 3.05) is 14.1 Å². The highest BCUT2D eigenvalue weighted by molar-refractivity contribution is 5.62. The minimum absolute atomic E-state index is 0.218. The van der Waals surface area contributed by atoms with Crippen molar-refractivity contribution in [3.63, 3.8) is 0 Å². The number of rotatable bonds is 2. The zero-order valence-corrected chi connectivity index (χ0v) is 10.3. The van der Waals surface area contributed by atoms with Gasteiger partial charge in [-0.1, -0.05) is 32.1 Å². The van der Waals surface area contributed by atoms with Crippen molar-refractivity contribution < 1.29 is 4.39 Å². The van der Waals surface area contributed by atoms with Crippen LogP contribution in [0.2, 0.25) is 0 Å². The van der Waals surface area contributed by atoms with Gasteiger partial charge in [-0.3, -0.25) is 0 Å². The smallest absolute Gasteiger partial charge is 0.132 e. The molecule has 2 heteroatoms. The van der Waals surface area contributed by atoms with Crippen molar-refractivity contribution in [1.29, 1.82) is 0 Å². The first-order valence-electron chi connectivity index (χ1n) is 5.15. The summed E-state index contributed by atoms with van der Waals surface area (Å²) >= 11 is 0. The molecule has 1 aromatic rings. The molecular weight excluding hydrogens is 189 g/mol. The van der Waals surface area contributed by atoms with Crippen LogP contribution in [-0.2, 0) is 0 Å². The number of hydrogen-bond acceptors (Lipinski definition) is 1. The molecule has 0 N–H and O–H groups in total. The van der Waals surface area contributed by atoms with E-state index < -0.39 is 0 Å². The van der Waals surface area contributed by atoms with Gasteiger partial charge in [0.15, 0.2) is 0 Å². The Morgan fingerprint density at radius 2 is 1.80 bits per heavy atom. The van der Waals surface area contributed by atoms with Crippen molar-refractivity contribution in [1.82, 2.24) is 4.90 Å². The Hall–Kier alpha value is -1.31. The maximum Gasteiger partial charge on any atom is 0.132 e. The molecule has 0 heterocycles. The maximum absolute atomic E-state index is 13.3. The SMILES string of the molecule is C=C(c1cc(C)ccc1F)N(C)C.CC. The summed E-state index contributed by atoms with van der Waals surface area (Å²) in [7, 11) is 3.70. The van der Waals surface area contributed by atoms with Crippen LogP contribution >= 0.6 is 0 Å². The molecule has 0 aliphatic rings. The van der Waals surface area contributed by atoms with Crippen LogP contribution in [0.4, 0.5) is 4.39 Å². The third kappa shape index (κ3) is 3.74. The van der Waals surface area contributed by atoms with E-state index in [4.69, 9.17) is 0 Å². The summed E-state index contributed by atoms with van der Waals surface area (Å²) in [5.74, 6) is -0.218. The fourth-order valence-electron chi connectivity index (χ4n) is 1.10. The average Bonchev–Trinajstić information content (AvgIpc) is 2.23. The van der Waals surface area contributed by atoms with Gasteiger partial charge >= 0.3 is 0 Å². The third-order valence-corrected chi connectivity index (χ3v) is 1.97. The molecule has 0 bridgehead atoms. The lowest BCUT2D eigenvalue weighted by molar-refractivity contribution is 0.573. The van der Waals surface area contributed by atoms with E-state index in [2.05, 4.69) is 6.58 Å². The zero-order chi connectivity index (χ0) is 12.0. The second-order valence-corrected chi connectivity index (χ2v) is 3.32. The normalized spacial score (nSPS) is 8.93. The van der Waals surface area contributed by atoms with Crippen molar-refractivity contribution in [3.05, 3.63) is 41.7 Å². The molecule has 0 aliphatic heterocycles. The summed E-state index contributed by atoms with van der Waals surface area (Å²) in [5, 5.41) is 0. The second-order valence-electron chi connectivity index (χ2n) is 3.32. The van der Waals surface area contributed by atoms with E-state index >= 15 is 0 Å². The highest BCUT2D eigenvalue weighted by Gasteiger charge is 2.06. The summed E-state index contributed by atoms with van der Waals surface area (Å²) in [6.07, 6.45) is 0. The van der Waals surface area contributed by atoms with Crippen LogP contribution in [-0.4, -0.2) is 19.0 Å². The number of halogens is 1. The molecular formula is C13H20FN. The predicted molar refractivity (Wildman–Crippen MR) is 65.2 cm³/mol. The molecule has 0 radical (unpaired) electrons. The Balaban J connectivity index is 0.000000921. The highest BCUT2D eigenvalue weighted by atomic mass is 19.1. The van der Waals surface area contributed by atoms with E-state index in [1.165, 1.54) is 6.07 Å². The lowest BCUT2D eigenvalue weighted by Gasteiger charge is -2.16. The molecule has 0 amide bonds. The van der Waals surface area contributed by atoms with Gasteiger partial charge in [0.05, 0.1) is 0 Å². The first kappa shape index (κ1) is 13.7. The topological polar surface area (TPSA) is 3.24 Å². The molecule has 84 valence electrons. The molecule has 0 unspecified atom stereocenters. The molecule has 0 spiro atoms. The van der Waals surface area contributed by atoms with Crippen LogP contribution in [0.5, 0.6) is 0 Å². The van der Waals surface area contributed by atoms with Crippen molar-refractivity contribution >= 4 is 5.70 Å². The highest BCUT2D eigenvalue weighted by Crippen LogP contribution is 2.19. The number of hydrogen-bond donors (Lipinski definition) is 0. The Bertz CT molecular complexity index is 329. The number of benzene rings is 1. The number of aryl methyl sites for hydroxylation is 1. The minimum Gasteiger partial charge on any atom is -0.378 e. The fraction of sp³-hybridized carbons (Fsp3) is 0.385. The van der Waals surface area contributed by atoms with Gasteiger partial charge in [-0.05, 0) is 19.1 Å². The Morgan fingerprint density at radius 3 is 2.27 bits per heavy atom. The van der Waals surface area contributed by atoms with E-state index in [9.17, 15) is 4.39 Å². The molecule has 1 aromatic carbocycles. The maximum atomic E-state index is 13.3. The Kier molecular flexibility index (Phi) is 5.68. The molecule has 1 rings (SSSR count). The summed E-state index contributed by atoms with van der Waals surface area (Å²) in [6, 6.07) is 5.03. The van der Waals surface area contributed by atoms with Crippen LogP contribution in [0.15, 0.2) is 24.8 Å². The summed E-state index contributed by atoms with van der Waals surface area (Å²) < 4.78 is 13.3. The predicted octanol–water partition coefficient (Wildman–Crippen LogP) is 3.69. The molecule has 0 aromatic heterocycles. The lowest BCUT2D eigenvalue weighted by atomic mass is 10.1. The molecule has 0 saturated heterocycles. The summed E-state index contributed by atoms with van der Waals surface area (Å²) in [4.78, 5) is 1.80. The van der Waals surface area contributed by atoms with Gasteiger partial charge in [-0.15, -0.1) is 0 Å². The van der Waals surface area contributed by atoms with Gasteiger partial charge in [-0.25, -0.2) is 4.39 Å². The van der Waals surface area contributed by atoms with E-state index in [-0.39, 0.29) is 5.82 Å². The molecule has 0 fully saturated rings. The number of nitrogens with zero attached hydrogens (tertiary/aromatic N) is 1. The van der Waals surface area contributed by atoms with E-state index in [1.54, 1.807) is 17.0 Å². The second kappa shape index (κ2) is 6.23. The molecule has 1 nitrogen and oxygen atoms in total. The first-order chi connectivity index (χ1) is 7.02. The van der Waals surface area contributed by atoms with Crippen LogP contribution < -0.4 is 0 Å². The standard InChI is InChI=1S/C11H14FN.C2H6/c1-8-5-6-11(12)10(7-8)9(2)13(3)4;1-2/h5-7H,2H2,1,3-4H3;1-2H3. The molecule has 0 atom stereocenters. The first-order valence-corrected chi connectivity index (χ1v) is 5.15. The van der Waals surface area contributed by atoms with Gasteiger partial charge in [-0.2, -0.15) is 0 Å². The zero-order valence-electron chi connectivity index (χ0n) is 10.3. The van der Waals surface area contributed by atoms with Gasteiger partial charge in [0.25, 0.3) is 0 Å². The van der Waals surface area contributed by atoms with Gasteiger partial charge in [0.1, 0.15) is 5.82 Å². The monoisotopic (exact) mass is 209 g/mol. The lowest BCUT2D eigenvalue weighted by Crippen LogP contribution is -2.10. The fourth-order valence-corrected chi connectivity index (χ4v) is 1.10. The molecule has 0 saturated carbocycles. The summed E-state index contributed by atoms with van der Waals surface area (Å²) in [5.41, 5.74) is 2.31. The van der Waals surface area contributed by atoms with Crippen LogP contribution in [0, 0.1) is 12.7 Å². The van der Waals surface area contributed by atoms with Gasteiger partial charge < -0.3 is 4.90 Å². The van der Waals surface area contributed by atoms with Gasteiger partial charge in [0.2, 0.25) is 0 Å². The Morgan fingerprint density at radius 1 is 1.27 bits per heavy atom. The molecule has 0 aliphatic carbocycles. The quantitative estimate of drug-likeness (QED) is 0.718. The van der Waals surface area contributed by atoms with E-state index in [0.29, 0.717) is 11.3 Å². The van der Waals surface area contributed by atoms with E-state index in [0.717, 1.165) is 5.56 Å². The van der Waals surface area contributed by atoms with Crippen LogP contribution in [0.25, 0.3) is 5.70 Å². The van der Waals surface area contributed by atoms with Crippen molar-refractivity contribution in [2.24, 2.45) is 0 Å². The van der Waals surface area contributed by atoms with E-state index in [1.807, 2.05) is 34.9 Å². The van der Waals surface area contributed by atoms with Gasteiger partial charge in [0, 0.05) is 25.4 Å². The average molecular weight is 209 g/mol. The largest absolute Gasteiger partial charge is 0.378 e.